The Labute approximate surface area is 71.8 Å². The maximum atomic E-state index is 11.1. The average molecular weight is 174 g/mol. The fourth-order valence-electron chi connectivity index (χ4n) is 1.42. The summed E-state index contributed by atoms with van der Waals surface area (Å²) in [6.45, 7) is 4.51. The van der Waals surface area contributed by atoms with E-state index in [-0.39, 0.29) is 17.8 Å². The summed E-state index contributed by atoms with van der Waals surface area (Å²) < 4.78 is 0. The van der Waals surface area contributed by atoms with Crippen molar-refractivity contribution in [1.29, 1.82) is 0 Å². The number of alkyl halides is 1. The second-order valence-corrected chi connectivity index (χ2v) is 2.93. The molecule has 3 heteroatoms. The Kier molecular flexibility index (Phi) is 2.94. The van der Waals surface area contributed by atoms with Crippen LogP contribution in [0.1, 0.15) is 12.8 Å². The molecule has 1 aliphatic rings. The maximum Gasteiger partial charge on any atom is 0.237 e. The summed E-state index contributed by atoms with van der Waals surface area (Å²) in [5, 5.41) is 0. The van der Waals surface area contributed by atoms with Gasteiger partial charge in [0.1, 0.15) is 5.88 Å². The highest BCUT2D eigenvalue weighted by Crippen LogP contribution is 2.17. The first-order valence-corrected chi connectivity index (χ1v) is 4.31. The molecule has 0 aromatic rings. The van der Waals surface area contributed by atoms with Gasteiger partial charge in [-0.15, -0.1) is 18.2 Å². The minimum atomic E-state index is 0.0223. The Morgan fingerprint density at radius 1 is 1.82 bits per heavy atom. The molecule has 1 unspecified atom stereocenters. The van der Waals surface area contributed by atoms with Gasteiger partial charge in [-0.2, -0.15) is 0 Å². The van der Waals surface area contributed by atoms with E-state index in [1.807, 2.05) is 6.08 Å². The Morgan fingerprint density at radius 3 is 3.09 bits per heavy atom. The predicted molar refractivity (Wildman–Crippen MR) is 45.7 cm³/mol. The van der Waals surface area contributed by atoms with Gasteiger partial charge in [0.05, 0.1) is 0 Å². The molecule has 0 radical (unpaired) electrons. The summed E-state index contributed by atoms with van der Waals surface area (Å²) in [5.41, 5.74) is 0. The van der Waals surface area contributed by atoms with Gasteiger partial charge in [-0.3, -0.25) is 4.79 Å². The van der Waals surface area contributed by atoms with E-state index in [2.05, 4.69) is 6.58 Å². The summed E-state index contributed by atoms with van der Waals surface area (Å²) in [6.07, 6.45) is 3.92. The Morgan fingerprint density at radius 2 is 2.55 bits per heavy atom. The second kappa shape index (κ2) is 3.77. The van der Waals surface area contributed by atoms with Crippen molar-refractivity contribution < 1.29 is 4.79 Å². The van der Waals surface area contributed by atoms with E-state index in [9.17, 15) is 4.79 Å². The SMILES string of the molecule is C=CC1CCCN1C(=O)CCl. The second-order valence-electron chi connectivity index (χ2n) is 2.67. The first kappa shape index (κ1) is 8.60. The maximum absolute atomic E-state index is 11.1. The van der Waals surface area contributed by atoms with E-state index in [1.165, 1.54) is 0 Å². The van der Waals surface area contributed by atoms with Gasteiger partial charge >= 0.3 is 0 Å². The fraction of sp³-hybridized carbons (Fsp3) is 0.625. The third-order valence-electron chi connectivity index (χ3n) is 2.01. The Balaban J connectivity index is 2.56. The summed E-state index contributed by atoms with van der Waals surface area (Å²) >= 11 is 5.43. The molecule has 0 aromatic carbocycles. The molecule has 62 valence electrons. The van der Waals surface area contributed by atoms with Crippen molar-refractivity contribution in [3.8, 4) is 0 Å². The highest BCUT2D eigenvalue weighted by Gasteiger charge is 2.25. The molecule has 1 heterocycles. The third-order valence-corrected chi connectivity index (χ3v) is 2.23. The van der Waals surface area contributed by atoms with Crippen molar-refractivity contribution >= 4 is 17.5 Å². The van der Waals surface area contributed by atoms with Gasteiger partial charge in [-0.05, 0) is 12.8 Å². The van der Waals surface area contributed by atoms with Gasteiger partial charge in [-0.25, -0.2) is 0 Å². The smallest absolute Gasteiger partial charge is 0.237 e. The number of hydrogen-bond donors (Lipinski definition) is 0. The molecule has 1 amide bonds. The first-order chi connectivity index (χ1) is 5.29. The molecule has 0 bridgehead atoms. The molecule has 0 saturated carbocycles. The van der Waals surface area contributed by atoms with E-state index in [4.69, 9.17) is 11.6 Å². The monoisotopic (exact) mass is 173 g/mol. The zero-order valence-corrected chi connectivity index (χ0v) is 7.18. The van der Waals surface area contributed by atoms with Crippen LogP contribution in [0.25, 0.3) is 0 Å². The normalized spacial score (nSPS) is 23.7. The molecule has 0 N–H and O–H groups in total. The number of carbonyl (C=O) groups is 1. The molecule has 2 nitrogen and oxygen atoms in total. The molecule has 1 rings (SSSR count). The zero-order valence-electron chi connectivity index (χ0n) is 6.42. The number of nitrogens with zero attached hydrogens (tertiary/aromatic N) is 1. The van der Waals surface area contributed by atoms with Crippen molar-refractivity contribution in [1.82, 2.24) is 4.90 Å². The van der Waals surface area contributed by atoms with Gasteiger partial charge in [0.25, 0.3) is 0 Å². The standard InChI is InChI=1S/C8H12ClNO/c1-2-7-4-3-5-10(7)8(11)6-9/h2,7H,1,3-6H2. The van der Waals surface area contributed by atoms with E-state index in [0.717, 1.165) is 19.4 Å². The summed E-state index contributed by atoms with van der Waals surface area (Å²) in [6, 6.07) is 0.223. The minimum Gasteiger partial charge on any atom is -0.335 e. The van der Waals surface area contributed by atoms with Crippen molar-refractivity contribution in [2.45, 2.75) is 18.9 Å². The summed E-state index contributed by atoms with van der Waals surface area (Å²) in [4.78, 5) is 12.9. The average Bonchev–Trinajstić information content (AvgIpc) is 2.50. The molecule has 11 heavy (non-hydrogen) atoms. The lowest BCUT2D eigenvalue weighted by atomic mass is 10.2. The quantitative estimate of drug-likeness (QED) is 0.457. The zero-order chi connectivity index (χ0) is 8.27. The molecular weight excluding hydrogens is 162 g/mol. The van der Waals surface area contributed by atoms with Crippen LogP contribution in [0.15, 0.2) is 12.7 Å². The lowest BCUT2D eigenvalue weighted by Gasteiger charge is -2.20. The van der Waals surface area contributed by atoms with Crippen LogP contribution in [0.2, 0.25) is 0 Å². The van der Waals surface area contributed by atoms with Gasteiger partial charge in [-0.1, -0.05) is 6.08 Å². The molecule has 0 spiro atoms. The van der Waals surface area contributed by atoms with Crippen LogP contribution in [0.5, 0.6) is 0 Å². The number of likely N-dealkylation sites (tertiary alicyclic amines) is 1. The van der Waals surface area contributed by atoms with Crippen LogP contribution < -0.4 is 0 Å². The molecule has 0 aliphatic carbocycles. The lowest BCUT2D eigenvalue weighted by Crippen LogP contribution is -2.34. The van der Waals surface area contributed by atoms with E-state index < -0.39 is 0 Å². The van der Waals surface area contributed by atoms with Crippen molar-refractivity contribution in [3.63, 3.8) is 0 Å². The highest BCUT2D eigenvalue weighted by atomic mass is 35.5. The minimum absolute atomic E-state index is 0.0223. The number of hydrogen-bond acceptors (Lipinski definition) is 1. The molecule has 1 aliphatic heterocycles. The lowest BCUT2D eigenvalue weighted by molar-refractivity contribution is -0.128. The topological polar surface area (TPSA) is 20.3 Å². The number of carbonyl (C=O) groups excluding carboxylic acids is 1. The van der Waals surface area contributed by atoms with E-state index >= 15 is 0 Å². The number of rotatable bonds is 2. The summed E-state index contributed by atoms with van der Waals surface area (Å²) in [5.74, 6) is 0.110. The van der Waals surface area contributed by atoms with Gasteiger partial charge in [0.15, 0.2) is 0 Å². The predicted octanol–water partition coefficient (Wildman–Crippen LogP) is 1.40. The molecule has 1 atom stereocenters. The largest absolute Gasteiger partial charge is 0.335 e. The molecule has 0 aromatic heterocycles. The molecule has 1 saturated heterocycles. The fourth-order valence-corrected chi connectivity index (χ4v) is 1.58. The van der Waals surface area contributed by atoms with Gasteiger partial charge < -0.3 is 4.90 Å². The van der Waals surface area contributed by atoms with Crippen molar-refractivity contribution in [2.24, 2.45) is 0 Å². The molecular formula is C8H12ClNO. The van der Waals surface area contributed by atoms with Crippen LogP contribution in [-0.4, -0.2) is 29.3 Å². The number of halogens is 1. The van der Waals surface area contributed by atoms with Crippen LogP contribution in [0.4, 0.5) is 0 Å². The highest BCUT2D eigenvalue weighted by molar-refractivity contribution is 6.27. The van der Waals surface area contributed by atoms with Crippen LogP contribution in [-0.2, 0) is 4.79 Å². The first-order valence-electron chi connectivity index (χ1n) is 3.77. The van der Waals surface area contributed by atoms with Gasteiger partial charge in [0, 0.05) is 12.6 Å². The third kappa shape index (κ3) is 1.74. The van der Waals surface area contributed by atoms with E-state index in [0.29, 0.717) is 0 Å². The van der Waals surface area contributed by atoms with Crippen LogP contribution >= 0.6 is 11.6 Å². The van der Waals surface area contributed by atoms with E-state index in [1.54, 1.807) is 4.90 Å². The van der Waals surface area contributed by atoms with Gasteiger partial charge in [0.2, 0.25) is 5.91 Å². The van der Waals surface area contributed by atoms with Crippen LogP contribution in [0.3, 0.4) is 0 Å². The summed E-state index contributed by atoms with van der Waals surface area (Å²) in [7, 11) is 0. The van der Waals surface area contributed by atoms with Crippen LogP contribution in [0, 0.1) is 0 Å². The number of amides is 1. The van der Waals surface area contributed by atoms with Crippen molar-refractivity contribution in [2.75, 3.05) is 12.4 Å². The Hall–Kier alpha value is -0.500. The Bertz CT molecular complexity index is 169. The van der Waals surface area contributed by atoms with Crippen molar-refractivity contribution in [3.05, 3.63) is 12.7 Å². The molecule has 1 fully saturated rings.